The smallest absolute Gasteiger partial charge is 0.321 e. The van der Waals surface area contributed by atoms with Crippen LogP contribution in [0.4, 0.5) is 8.78 Å². The van der Waals surface area contributed by atoms with E-state index in [0.717, 1.165) is 48.0 Å². The largest absolute Gasteiger partial charge is 0.495 e. The second-order valence-electron chi connectivity index (χ2n) is 11.4. The first-order valence-corrected chi connectivity index (χ1v) is 18.0. The van der Waals surface area contributed by atoms with Gasteiger partial charge in [-0.2, -0.15) is 4.72 Å². The Labute approximate surface area is 287 Å². The average molecular weight is 727 g/mol. The van der Waals surface area contributed by atoms with Gasteiger partial charge in [0.25, 0.3) is 0 Å². The first kappa shape index (κ1) is 36.7. The Morgan fingerprint density at radius 2 is 1.79 bits per heavy atom. The van der Waals surface area contributed by atoms with Crippen LogP contribution >= 0.6 is 35.0 Å². The number of thioether (sulfide) groups is 1. The lowest BCUT2D eigenvalue weighted by Crippen LogP contribution is -2.40. The van der Waals surface area contributed by atoms with E-state index in [2.05, 4.69) is 9.71 Å². The quantitative estimate of drug-likeness (QED) is 0.0936. The number of halogens is 4. The minimum atomic E-state index is -4.39. The second kappa shape index (κ2) is 15.4. The van der Waals surface area contributed by atoms with Crippen LogP contribution in [0.3, 0.4) is 0 Å². The van der Waals surface area contributed by atoms with Crippen molar-refractivity contribution in [1.29, 1.82) is 0 Å². The maximum Gasteiger partial charge on any atom is 0.321 e. The minimum absolute atomic E-state index is 0.0277. The molecule has 2 N–H and O–H groups in total. The Balaban J connectivity index is 1.66. The van der Waals surface area contributed by atoms with Crippen molar-refractivity contribution in [2.75, 3.05) is 7.11 Å². The molecule has 4 rings (SSSR count). The van der Waals surface area contributed by atoms with Crippen LogP contribution in [0.25, 0.3) is 5.69 Å². The third-order valence-corrected chi connectivity index (χ3v) is 10.9. The predicted molar refractivity (Wildman–Crippen MR) is 181 cm³/mol. The number of carbonyl (C=O) groups is 1. The number of hydrogen-bond acceptors (Lipinski definition) is 6. The molecule has 0 fully saturated rings. The van der Waals surface area contributed by atoms with Crippen LogP contribution in [-0.4, -0.2) is 42.2 Å². The molecule has 1 atom stereocenters. The van der Waals surface area contributed by atoms with Crippen molar-refractivity contribution in [1.82, 2.24) is 14.3 Å². The number of sulfonamides is 1. The van der Waals surface area contributed by atoms with E-state index < -0.39 is 44.0 Å². The molecule has 0 saturated heterocycles. The van der Waals surface area contributed by atoms with E-state index in [1.807, 2.05) is 37.5 Å². The molecule has 0 aliphatic heterocycles. The fraction of sp³-hybridized carbons (Fsp3) is 0.333. The van der Waals surface area contributed by atoms with Crippen molar-refractivity contribution in [2.24, 2.45) is 0 Å². The van der Waals surface area contributed by atoms with Gasteiger partial charge in [-0.3, -0.25) is 9.36 Å². The van der Waals surface area contributed by atoms with Gasteiger partial charge in [0, 0.05) is 27.4 Å². The number of hydrogen-bond donors (Lipinski definition) is 2. The van der Waals surface area contributed by atoms with Gasteiger partial charge in [-0.1, -0.05) is 81.1 Å². The monoisotopic (exact) mass is 725 g/mol. The first-order chi connectivity index (χ1) is 22.2. The molecule has 0 spiro atoms. The van der Waals surface area contributed by atoms with Gasteiger partial charge >= 0.3 is 5.97 Å². The number of imidazole rings is 1. The summed E-state index contributed by atoms with van der Waals surface area (Å²) in [6, 6.07) is 11.9. The number of nitrogens with zero attached hydrogens (tertiary/aromatic N) is 2. The summed E-state index contributed by atoms with van der Waals surface area (Å²) in [4.78, 5) is 15.8. The van der Waals surface area contributed by atoms with Crippen molar-refractivity contribution in [3.8, 4) is 11.4 Å². The van der Waals surface area contributed by atoms with Crippen molar-refractivity contribution >= 4 is 51.0 Å². The van der Waals surface area contributed by atoms with Gasteiger partial charge in [0.15, 0.2) is 5.16 Å². The highest BCUT2D eigenvalue weighted by atomic mass is 35.5. The SMILES string of the molecule is CCCCC[C@@H](NS(=O)(=O)c1cc(F)c(CSc2ncc(C(C)(C)c3ccc(Cl)c(OC)c3)n2-c2ccc(F)cc2)c(Cl)c1)C(=O)O. The Kier molecular flexibility index (Phi) is 12.0. The third-order valence-electron chi connectivity index (χ3n) is 7.79. The number of unbranched alkanes of at least 4 members (excludes halogenated alkanes) is 2. The standard InChI is InChI=1S/C33H35Cl2F2N3O5S2/c1-5-6-7-8-28(31(41)42)39-47(43,44)23-16-26(35)24(27(37)17-23)19-46-32-38-18-30(40(32)22-12-10-21(36)11-13-22)33(2,3)20-9-14-25(34)29(15-20)45-4/h9-18,28,39H,5-8,19H2,1-4H3,(H,41,42)/t28-/m1/s1. The molecule has 14 heteroatoms. The van der Waals surface area contributed by atoms with Crippen molar-refractivity contribution in [3.63, 3.8) is 0 Å². The number of benzene rings is 3. The average Bonchev–Trinajstić information content (AvgIpc) is 3.45. The van der Waals surface area contributed by atoms with E-state index in [9.17, 15) is 22.7 Å². The molecule has 0 aliphatic carbocycles. The lowest BCUT2D eigenvalue weighted by Gasteiger charge is -2.28. The Morgan fingerprint density at radius 3 is 2.40 bits per heavy atom. The number of ether oxygens (including phenoxy) is 1. The number of methoxy groups -OCH3 is 1. The molecule has 3 aromatic carbocycles. The number of rotatable bonds is 15. The topological polar surface area (TPSA) is 111 Å². The van der Waals surface area contributed by atoms with Gasteiger partial charge < -0.3 is 9.84 Å². The first-order valence-electron chi connectivity index (χ1n) is 14.7. The van der Waals surface area contributed by atoms with Crippen LogP contribution in [0.5, 0.6) is 5.75 Å². The van der Waals surface area contributed by atoms with Gasteiger partial charge in [0.1, 0.15) is 23.4 Å². The summed E-state index contributed by atoms with van der Waals surface area (Å²) in [5, 5.41) is 10.3. The van der Waals surface area contributed by atoms with Crippen LogP contribution in [0.15, 0.2) is 70.8 Å². The molecule has 0 aliphatic rings. The van der Waals surface area contributed by atoms with Gasteiger partial charge in [0.05, 0.1) is 28.9 Å². The maximum absolute atomic E-state index is 15.5. The number of nitrogens with one attached hydrogen (secondary N) is 1. The minimum Gasteiger partial charge on any atom is -0.495 e. The maximum atomic E-state index is 15.5. The molecule has 0 amide bonds. The predicted octanol–water partition coefficient (Wildman–Crippen LogP) is 8.40. The normalized spacial score (nSPS) is 12.7. The van der Waals surface area contributed by atoms with Crippen molar-refractivity contribution in [2.45, 2.75) is 73.7 Å². The highest BCUT2D eigenvalue weighted by Crippen LogP contribution is 2.40. The van der Waals surface area contributed by atoms with E-state index in [4.69, 9.17) is 27.9 Å². The third kappa shape index (κ3) is 8.47. The van der Waals surface area contributed by atoms with Crippen LogP contribution in [0, 0.1) is 11.6 Å². The molecule has 252 valence electrons. The molecule has 4 aromatic rings. The zero-order valence-corrected chi connectivity index (χ0v) is 29.3. The van der Waals surface area contributed by atoms with Gasteiger partial charge in [-0.15, -0.1) is 0 Å². The fourth-order valence-electron chi connectivity index (χ4n) is 5.01. The van der Waals surface area contributed by atoms with Crippen LogP contribution < -0.4 is 9.46 Å². The van der Waals surface area contributed by atoms with Crippen molar-refractivity contribution < 1.29 is 31.8 Å². The summed E-state index contributed by atoms with van der Waals surface area (Å²) < 4.78 is 64.8. The summed E-state index contributed by atoms with van der Waals surface area (Å²) in [6.07, 6.45) is 3.87. The van der Waals surface area contributed by atoms with E-state index >= 15 is 4.39 Å². The molecule has 0 radical (unpaired) electrons. The van der Waals surface area contributed by atoms with E-state index in [-0.39, 0.29) is 22.8 Å². The zero-order valence-electron chi connectivity index (χ0n) is 26.2. The molecule has 47 heavy (non-hydrogen) atoms. The Bertz CT molecular complexity index is 1830. The highest BCUT2D eigenvalue weighted by molar-refractivity contribution is 7.98. The molecule has 1 heterocycles. The van der Waals surface area contributed by atoms with E-state index in [1.165, 1.54) is 19.2 Å². The zero-order chi connectivity index (χ0) is 34.5. The lowest BCUT2D eigenvalue weighted by molar-refractivity contribution is -0.139. The molecule has 8 nitrogen and oxygen atoms in total. The molecule has 0 bridgehead atoms. The molecule has 0 unspecified atom stereocenters. The van der Waals surface area contributed by atoms with Crippen LogP contribution in [-0.2, 0) is 26.0 Å². The summed E-state index contributed by atoms with van der Waals surface area (Å²) in [6.45, 7) is 5.92. The molecule has 0 saturated carbocycles. The highest BCUT2D eigenvalue weighted by Gasteiger charge is 2.31. The summed E-state index contributed by atoms with van der Waals surface area (Å²) in [7, 11) is -2.86. The fourth-order valence-corrected chi connectivity index (χ4v) is 7.91. The van der Waals surface area contributed by atoms with E-state index in [1.54, 1.807) is 24.4 Å². The number of carboxylic acids is 1. The van der Waals surface area contributed by atoms with Crippen molar-refractivity contribution in [3.05, 3.63) is 99.3 Å². The lowest BCUT2D eigenvalue weighted by atomic mass is 9.81. The second-order valence-corrected chi connectivity index (χ2v) is 14.8. The Hall–Kier alpha value is -3.16. The molecular formula is C33H35Cl2F2N3O5S2. The van der Waals surface area contributed by atoms with Gasteiger partial charge in [0.2, 0.25) is 10.0 Å². The number of carboxylic acid groups (broad SMARTS) is 1. The molecular weight excluding hydrogens is 691 g/mol. The summed E-state index contributed by atoms with van der Waals surface area (Å²) in [5.41, 5.74) is 1.59. The summed E-state index contributed by atoms with van der Waals surface area (Å²) in [5.74, 6) is -2.14. The van der Waals surface area contributed by atoms with Crippen LogP contribution in [0.1, 0.15) is 63.3 Å². The number of aromatic nitrogens is 2. The van der Waals surface area contributed by atoms with Crippen LogP contribution in [0.2, 0.25) is 10.0 Å². The van der Waals surface area contributed by atoms with Gasteiger partial charge in [-0.25, -0.2) is 22.2 Å². The molecule has 1 aromatic heterocycles. The van der Waals surface area contributed by atoms with E-state index in [0.29, 0.717) is 28.0 Å². The van der Waals surface area contributed by atoms with Gasteiger partial charge in [-0.05, 0) is 60.5 Å². The Morgan fingerprint density at radius 1 is 1.09 bits per heavy atom. The number of aliphatic carboxylic acids is 1. The summed E-state index contributed by atoms with van der Waals surface area (Å²) >= 11 is 13.9.